The minimum atomic E-state index is 0.934. The number of hydrogen-bond acceptors (Lipinski definition) is 1. The molecule has 1 heteroatoms. The Morgan fingerprint density at radius 1 is 0.882 bits per heavy atom. The van der Waals surface area contributed by atoms with Gasteiger partial charge in [0, 0.05) is 17.4 Å². The maximum atomic E-state index is 5.77. The summed E-state index contributed by atoms with van der Waals surface area (Å²) in [4.78, 5) is 0. The highest BCUT2D eigenvalue weighted by Gasteiger charge is 2.10. The molecule has 3 rings (SSSR count). The molecule has 2 aromatic carbocycles. The van der Waals surface area contributed by atoms with Crippen molar-refractivity contribution in [3.63, 3.8) is 0 Å². The summed E-state index contributed by atoms with van der Waals surface area (Å²) < 4.78 is 5.77. The lowest BCUT2D eigenvalue weighted by Gasteiger charge is -2.00. The lowest BCUT2D eigenvalue weighted by Crippen LogP contribution is -1.88. The monoisotopic (exact) mass is 222 g/mol. The van der Waals surface area contributed by atoms with Gasteiger partial charge in [-0.3, -0.25) is 0 Å². The van der Waals surface area contributed by atoms with E-state index in [9.17, 15) is 0 Å². The summed E-state index contributed by atoms with van der Waals surface area (Å²) >= 11 is 0. The predicted octanol–water partition coefficient (Wildman–Crippen LogP) is 4.33. The van der Waals surface area contributed by atoms with E-state index in [-0.39, 0.29) is 0 Å². The molecule has 0 aliphatic carbocycles. The molecule has 0 amide bonds. The van der Waals surface area contributed by atoms with Gasteiger partial charge in [-0.25, -0.2) is 0 Å². The van der Waals surface area contributed by atoms with Gasteiger partial charge in [-0.2, -0.15) is 0 Å². The summed E-state index contributed by atoms with van der Waals surface area (Å²) in [6.07, 6.45) is 0.934. The lowest BCUT2D eigenvalue weighted by atomic mass is 10.0. The van der Waals surface area contributed by atoms with Crippen LogP contribution in [-0.4, -0.2) is 0 Å². The Morgan fingerprint density at radius 3 is 2.41 bits per heavy atom. The van der Waals surface area contributed by atoms with Gasteiger partial charge in [-0.05, 0) is 18.6 Å². The van der Waals surface area contributed by atoms with Gasteiger partial charge in [0.05, 0.1) is 0 Å². The molecule has 0 bridgehead atoms. The van der Waals surface area contributed by atoms with E-state index in [2.05, 4.69) is 36.4 Å². The minimum absolute atomic E-state index is 0.934. The number of benzene rings is 2. The Labute approximate surface area is 101 Å². The van der Waals surface area contributed by atoms with Gasteiger partial charge in [0.2, 0.25) is 0 Å². The van der Waals surface area contributed by atoms with Crippen LogP contribution in [0.25, 0.3) is 11.0 Å². The molecule has 1 nitrogen and oxygen atoms in total. The number of aryl methyl sites for hydroxylation is 1. The fourth-order valence-electron chi connectivity index (χ4n) is 2.24. The van der Waals surface area contributed by atoms with Gasteiger partial charge in [-0.15, -0.1) is 0 Å². The average Bonchev–Trinajstić information content (AvgIpc) is 2.68. The Bertz CT molecular complexity index is 635. The highest BCUT2D eigenvalue weighted by Crippen LogP contribution is 2.27. The summed E-state index contributed by atoms with van der Waals surface area (Å²) in [6.45, 7) is 2.04. The van der Waals surface area contributed by atoms with Crippen molar-refractivity contribution in [1.29, 1.82) is 0 Å². The molecule has 0 saturated heterocycles. The van der Waals surface area contributed by atoms with Crippen molar-refractivity contribution in [2.24, 2.45) is 0 Å². The highest BCUT2D eigenvalue weighted by atomic mass is 16.3. The molecule has 1 aromatic heterocycles. The fourth-order valence-corrected chi connectivity index (χ4v) is 2.24. The molecule has 0 N–H and O–H groups in total. The van der Waals surface area contributed by atoms with Crippen molar-refractivity contribution in [3.05, 3.63) is 71.5 Å². The van der Waals surface area contributed by atoms with Gasteiger partial charge in [0.15, 0.2) is 0 Å². The van der Waals surface area contributed by atoms with Crippen molar-refractivity contribution in [1.82, 2.24) is 0 Å². The smallest absolute Gasteiger partial charge is 0.134 e. The Morgan fingerprint density at radius 2 is 1.59 bits per heavy atom. The third-order valence-electron chi connectivity index (χ3n) is 3.12. The molecular formula is C16H14O. The van der Waals surface area contributed by atoms with Crippen molar-refractivity contribution in [2.75, 3.05) is 0 Å². The van der Waals surface area contributed by atoms with Crippen LogP contribution >= 0.6 is 0 Å². The zero-order chi connectivity index (χ0) is 11.7. The molecule has 0 spiro atoms. The quantitative estimate of drug-likeness (QED) is 0.629. The van der Waals surface area contributed by atoms with E-state index in [0.29, 0.717) is 0 Å². The fraction of sp³-hybridized carbons (Fsp3) is 0.125. The first-order valence-corrected chi connectivity index (χ1v) is 5.85. The van der Waals surface area contributed by atoms with Crippen LogP contribution < -0.4 is 0 Å². The van der Waals surface area contributed by atoms with E-state index in [1.165, 1.54) is 16.5 Å². The predicted molar refractivity (Wildman–Crippen MR) is 70.2 cm³/mol. The highest BCUT2D eigenvalue weighted by molar-refractivity contribution is 5.82. The van der Waals surface area contributed by atoms with Crippen LogP contribution in [0, 0.1) is 6.92 Å². The van der Waals surface area contributed by atoms with Crippen molar-refractivity contribution in [2.45, 2.75) is 13.3 Å². The second-order valence-corrected chi connectivity index (χ2v) is 4.30. The van der Waals surface area contributed by atoms with E-state index in [4.69, 9.17) is 4.42 Å². The topological polar surface area (TPSA) is 13.1 Å². The molecule has 0 unspecified atom stereocenters. The Balaban J connectivity index is 2.08. The third kappa shape index (κ3) is 1.84. The molecule has 17 heavy (non-hydrogen) atoms. The van der Waals surface area contributed by atoms with Crippen molar-refractivity contribution >= 4 is 11.0 Å². The number of fused-ring (bicyclic) bond motifs is 1. The molecule has 0 atom stereocenters. The lowest BCUT2D eigenvalue weighted by molar-refractivity contribution is 0.573. The molecule has 1 heterocycles. The maximum Gasteiger partial charge on any atom is 0.134 e. The molecule has 3 aromatic rings. The summed E-state index contributed by atoms with van der Waals surface area (Å²) in [6, 6.07) is 18.7. The maximum absolute atomic E-state index is 5.77. The molecule has 0 aliphatic heterocycles. The van der Waals surface area contributed by atoms with Crippen molar-refractivity contribution < 1.29 is 4.42 Å². The van der Waals surface area contributed by atoms with E-state index >= 15 is 0 Å². The van der Waals surface area contributed by atoms with E-state index in [1.807, 2.05) is 25.1 Å². The minimum Gasteiger partial charge on any atom is -0.461 e. The van der Waals surface area contributed by atoms with Crippen LogP contribution in [0.2, 0.25) is 0 Å². The first-order chi connectivity index (χ1) is 8.34. The SMILES string of the molecule is Cc1oc2ccccc2c1Cc1ccccc1. The second kappa shape index (κ2) is 4.10. The summed E-state index contributed by atoms with van der Waals surface area (Å²) in [5.74, 6) is 1.02. The van der Waals surface area contributed by atoms with E-state index < -0.39 is 0 Å². The van der Waals surface area contributed by atoms with Crippen LogP contribution in [-0.2, 0) is 6.42 Å². The van der Waals surface area contributed by atoms with Gasteiger partial charge in [0.1, 0.15) is 11.3 Å². The average molecular weight is 222 g/mol. The summed E-state index contributed by atoms with van der Waals surface area (Å²) in [5, 5.41) is 1.23. The van der Waals surface area contributed by atoms with Gasteiger partial charge in [0.25, 0.3) is 0 Å². The van der Waals surface area contributed by atoms with Gasteiger partial charge >= 0.3 is 0 Å². The first kappa shape index (κ1) is 10.2. The van der Waals surface area contributed by atoms with Crippen LogP contribution in [0.5, 0.6) is 0 Å². The largest absolute Gasteiger partial charge is 0.461 e. The first-order valence-electron chi connectivity index (χ1n) is 5.85. The van der Waals surface area contributed by atoms with E-state index in [1.54, 1.807) is 0 Å². The van der Waals surface area contributed by atoms with Crippen LogP contribution in [0.1, 0.15) is 16.9 Å². The standard InChI is InChI=1S/C16H14O/c1-12-15(11-13-7-3-2-4-8-13)14-9-5-6-10-16(14)17-12/h2-10H,11H2,1H3. The molecule has 0 aliphatic rings. The molecule has 0 saturated carbocycles. The van der Waals surface area contributed by atoms with Gasteiger partial charge < -0.3 is 4.42 Å². The number of para-hydroxylation sites is 1. The molecule has 84 valence electrons. The summed E-state index contributed by atoms with van der Waals surface area (Å²) in [7, 11) is 0. The molecule has 0 fully saturated rings. The number of rotatable bonds is 2. The van der Waals surface area contributed by atoms with Crippen LogP contribution in [0.4, 0.5) is 0 Å². The van der Waals surface area contributed by atoms with Gasteiger partial charge in [-0.1, -0.05) is 48.5 Å². The second-order valence-electron chi connectivity index (χ2n) is 4.30. The summed E-state index contributed by atoms with van der Waals surface area (Å²) in [5.41, 5.74) is 3.60. The zero-order valence-electron chi connectivity index (χ0n) is 9.81. The Kier molecular flexibility index (Phi) is 2.45. The molecule has 0 radical (unpaired) electrons. The van der Waals surface area contributed by atoms with Crippen LogP contribution in [0.3, 0.4) is 0 Å². The third-order valence-corrected chi connectivity index (χ3v) is 3.12. The van der Waals surface area contributed by atoms with E-state index in [0.717, 1.165) is 17.8 Å². The normalized spacial score (nSPS) is 10.9. The van der Waals surface area contributed by atoms with Crippen LogP contribution in [0.15, 0.2) is 59.0 Å². The zero-order valence-corrected chi connectivity index (χ0v) is 9.81. The number of hydrogen-bond donors (Lipinski definition) is 0. The Hall–Kier alpha value is -2.02. The number of furan rings is 1. The molecular weight excluding hydrogens is 208 g/mol. The van der Waals surface area contributed by atoms with Crippen molar-refractivity contribution in [3.8, 4) is 0 Å².